The van der Waals surface area contributed by atoms with Crippen molar-refractivity contribution in [3.8, 4) is 0 Å². The second-order valence-corrected chi connectivity index (χ2v) is 6.87. The third-order valence-corrected chi connectivity index (χ3v) is 4.91. The lowest BCUT2D eigenvalue weighted by Crippen LogP contribution is -2.52. The minimum absolute atomic E-state index is 0.0460. The van der Waals surface area contributed by atoms with E-state index in [0.29, 0.717) is 55.4 Å². The maximum Gasteiger partial charge on any atom is 0.317 e. The van der Waals surface area contributed by atoms with E-state index in [4.69, 9.17) is 11.6 Å². The molecule has 1 heterocycles. The molecule has 0 aromatic heterocycles. The molecule has 2 aromatic rings. The maximum atomic E-state index is 13.6. The van der Waals surface area contributed by atoms with Gasteiger partial charge >= 0.3 is 6.03 Å². The highest BCUT2D eigenvalue weighted by atomic mass is 35.5. The molecule has 2 aromatic carbocycles. The monoisotopic (exact) mass is 406 g/mol. The van der Waals surface area contributed by atoms with Crippen molar-refractivity contribution in [2.24, 2.45) is 0 Å². The van der Waals surface area contributed by atoms with Crippen molar-refractivity contribution in [3.63, 3.8) is 0 Å². The Morgan fingerprint density at radius 3 is 2.57 bits per heavy atom. The number of nitrogens with zero attached hydrogens (tertiary/aromatic N) is 3. The first-order valence-electron chi connectivity index (χ1n) is 8.91. The molecule has 0 aliphatic carbocycles. The number of hydrogen-bond donors (Lipinski definition) is 1. The summed E-state index contributed by atoms with van der Waals surface area (Å²) in [5.74, 6) is -0.282. The van der Waals surface area contributed by atoms with Crippen LogP contribution in [0, 0.1) is 15.9 Å². The van der Waals surface area contributed by atoms with Gasteiger partial charge in [0, 0.05) is 43.8 Å². The number of carbonyl (C=O) groups is 1. The van der Waals surface area contributed by atoms with Gasteiger partial charge in [-0.25, -0.2) is 9.18 Å². The molecule has 7 nitrogen and oxygen atoms in total. The van der Waals surface area contributed by atoms with Crippen molar-refractivity contribution < 1.29 is 14.1 Å². The van der Waals surface area contributed by atoms with Crippen molar-refractivity contribution in [2.75, 3.05) is 37.6 Å². The number of carbonyl (C=O) groups excluding carboxylic acids is 1. The molecular weight excluding hydrogens is 387 g/mol. The average Bonchev–Trinajstić information content (AvgIpc) is 2.69. The highest BCUT2D eigenvalue weighted by molar-refractivity contribution is 6.30. The van der Waals surface area contributed by atoms with Gasteiger partial charge in [0.25, 0.3) is 5.69 Å². The summed E-state index contributed by atoms with van der Waals surface area (Å²) in [6.45, 7) is 2.16. The summed E-state index contributed by atoms with van der Waals surface area (Å²) in [5.41, 5.74) is 1.01. The number of halogens is 2. The topological polar surface area (TPSA) is 78.7 Å². The number of nitro groups is 1. The summed E-state index contributed by atoms with van der Waals surface area (Å²) in [4.78, 5) is 26.7. The molecule has 0 radical (unpaired) electrons. The normalized spacial score (nSPS) is 14.1. The summed E-state index contributed by atoms with van der Waals surface area (Å²) in [6.07, 6.45) is 0.412. The van der Waals surface area contributed by atoms with Crippen LogP contribution in [0.25, 0.3) is 0 Å². The summed E-state index contributed by atoms with van der Waals surface area (Å²) < 4.78 is 13.6. The Hall–Kier alpha value is -2.87. The van der Waals surface area contributed by atoms with Crippen LogP contribution in [0.5, 0.6) is 0 Å². The molecule has 148 valence electrons. The standard InChI is InChI=1S/C19H20ClFN4O3/c20-15-5-6-17(18(13-15)25(27)28)23-9-11-24(12-10-23)19(26)22-8-7-14-3-1-2-4-16(14)21/h1-6,13H,7-12H2,(H,22,26). The Bertz CT molecular complexity index is 872. The third-order valence-electron chi connectivity index (χ3n) is 4.67. The van der Waals surface area contributed by atoms with Crippen molar-refractivity contribution in [2.45, 2.75) is 6.42 Å². The van der Waals surface area contributed by atoms with E-state index in [2.05, 4.69) is 5.32 Å². The predicted molar refractivity (Wildman–Crippen MR) is 105 cm³/mol. The van der Waals surface area contributed by atoms with Crippen molar-refractivity contribution >= 4 is 29.0 Å². The lowest BCUT2D eigenvalue weighted by Gasteiger charge is -2.35. The van der Waals surface area contributed by atoms with E-state index >= 15 is 0 Å². The van der Waals surface area contributed by atoms with Gasteiger partial charge in [-0.2, -0.15) is 0 Å². The third kappa shape index (κ3) is 4.69. The average molecular weight is 407 g/mol. The van der Waals surface area contributed by atoms with Gasteiger partial charge in [0.05, 0.1) is 4.92 Å². The highest BCUT2D eigenvalue weighted by Gasteiger charge is 2.25. The lowest BCUT2D eigenvalue weighted by molar-refractivity contribution is -0.384. The van der Waals surface area contributed by atoms with Crippen LogP contribution in [-0.4, -0.2) is 48.6 Å². The zero-order valence-corrected chi connectivity index (χ0v) is 15.9. The summed E-state index contributed by atoms with van der Waals surface area (Å²) >= 11 is 5.86. The van der Waals surface area contributed by atoms with E-state index in [1.165, 1.54) is 12.1 Å². The SMILES string of the molecule is O=C(NCCc1ccccc1F)N1CCN(c2ccc(Cl)cc2[N+](=O)[O-])CC1. The fourth-order valence-electron chi connectivity index (χ4n) is 3.18. The Labute approximate surface area is 166 Å². The minimum atomic E-state index is -0.455. The predicted octanol–water partition coefficient (Wildman–Crippen LogP) is 3.46. The van der Waals surface area contributed by atoms with E-state index < -0.39 is 4.92 Å². The zero-order valence-electron chi connectivity index (χ0n) is 15.1. The molecule has 0 spiro atoms. The van der Waals surface area contributed by atoms with E-state index in [1.807, 2.05) is 4.90 Å². The molecule has 3 rings (SSSR count). The van der Waals surface area contributed by atoms with Crippen LogP contribution < -0.4 is 10.2 Å². The second-order valence-electron chi connectivity index (χ2n) is 6.44. The molecule has 0 bridgehead atoms. The van der Waals surface area contributed by atoms with Gasteiger partial charge < -0.3 is 15.1 Å². The summed E-state index contributed by atoms with van der Waals surface area (Å²) in [5, 5.41) is 14.4. The molecule has 28 heavy (non-hydrogen) atoms. The van der Waals surface area contributed by atoms with Crippen LogP contribution >= 0.6 is 11.6 Å². The largest absolute Gasteiger partial charge is 0.362 e. The molecule has 1 aliphatic rings. The number of anilines is 1. The first kappa shape index (κ1) is 19.9. The number of amides is 2. The summed E-state index contributed by atoms with van der Waals surface area (Å²) in [7, 11) is 0. The molecule has 9 heteroatoms. The quantitative estimate of drug-likeness (QED) is 0.609. The number of nitro benzene ring substituents is 1. The first-order valence-corrected chi connectivity index (χ1v) is 9.28. The minimum Gasteiger partial charge on any atom is -0.362 e. The molecule has 1 N–H and O–H groups in total. The number of rotatable bonds is 5. The molecule has 0 atom stereocenters. The van der Waals surface area contributed by atoms with Crippen LogP contribution in [0.1, 0.15) is 5.56 Å². The fourth-order valence-corrected chi connectivity index (χ4v) is 3.34. The molecule has 1 saturated heterocycles. The number of urea groups is 1. The van der Waals surface area contributed by atoms with E-state index in [1.54, 1.807) is 35.2 Å². The number of hydrogen-bond acceptors (Lipinski definition) is 4. The van der Waals surface area contributed by atoms with Crippen molar-refractivity contribution in [3.05, 3.63) is 69.0 Å². The van der Waals surface area contributed by atoms with E-state index in [0.717, 1.165) is 0 Å². The Balaban J connectivity index is 1.52. The molecule has 1 aliphatic heterocycles. The summed E-state index contributed by atoms with van der Waals surface area (Å²) in [6, 6.07) is 10.8. The van der Waals surface area contributed by atoms with Crippen LogP contribution in [-0.2, 0) is 6.42 Å². The smallest absolute Gasteiger partial charge is 0.317 e. The van der Waals surface area contributed by atoms with Gasteiger partial charge in [-0.15, -0.1) is 0 Å². The second kappa shape index (κ2) is 8.88. The Morgan fingerprint density at radius 2 is 1.89 bits per heavy atom. The molecule has 0 unspecified atom stereocenters. The number of piperazine rings is 1. The van der Waals surface area contributed by atoms with Crippen molar-refractivity contribution in [1.29, 1.82) is 0 Å². The van der Waals surface area contributed by atoms with Gasteiger partial charge in [-0.3, -0.25) is 10.1 Å². The lowest BCUT2D eigenvalue weighted by atomic mass is 10.1. The first-order chi connectivity index (χ1) is 13.5. The van der Waals surface area contributed by atoms with Crippen LogP contribution in [0.2, 0.25) is 5.02 Å². The van der Waals surface area contributed by atoms with Crippen LogP contribution in [0.4, 0.5) is 20.6 Å². The van der Waals surface area contributed by atoms with Gasteiger partial charge in [-0.1, -0.05) is 29.8 Å². The van der Waals surface area contributed by atoms with E-state index in [-0.39, 0.29) is 17.5 Å². The van der Waals surface area contributed by atoms with E-state index in [9.17, 15) is 19.3 Å². The number of benzene rings is 2. The zero-order chi connectivity index (χ0) is 20.1. The highest BCUT2D eigenvalue weighted by Crippen LogP contribution is 2.31. The van der Waals surface area contributed by atoms with Crippen LogP contribution in [0.3, 0.4) is 0 Å². The van der Waals surface area contributed by atoms with Gasteiger partial charge in [-0.05, 0) is 30.2 Å². The maximum absolute atomic E-state index is 13.6. The van der Waals surface area contributed by atoms with Gasteiger partial charge in [0.2, 0.25) is 0 Å². The van der Waals surface area contributed by atoms with Crippen LogP contribution in [0.15, 0.2) is 42.5 Å². The molecular formula is C19H20ClFN4O3. The molecule has 2 amide bonds. The van der Waals surface area contributed by atoms with Crippen molar-refractivity contribution in [1.82, 2.24) is 10.2 Å². The Kier molecular flexibility index (Phi) is 6.30. The van der Waals surface area contributed by atoms with Gasteiger partial charge in [0.1, 0.15) is 11.5 Å². The molecule has 1 fully saturated rings. The fraction of sp³-hybridized carbons (Fsp3) is 0.316. The Morgan fingerprint density at radius 1 is 1.18 bits per heavy atom. The number of nitrogens with one attached hydrogen (secondary N) is 1. The van der Waals surface area contributed by atoms with Gasteiger partial charge in [0.15, 0.2) is 0 Å². The molecule has 0 saturated carbocycles.